The van der Waals surface area contributed by atoms with Crippen molar-refractivity contribution in [1.82, 2.24) is 14.9 Å². The number of ether oxygens (including phenoxy) is 2. The predicted octanol–water partition coefficient (Wildman–Crippen LogP) is 4.16. The van der Waals surface area contributed by atoms with Crippen molar-refractivity contribution in [2.24, 2.45) is 0 Å². The molecular formula is C19H25N3O3. The van der Waals surface area contributed by atoms with Crippen LogP contribution in [0, 0.1) is 0 Å². The van der Waals surface area contributed by atoms with E-state index < -0.39 is 5.60 Å². The second kappa shape index (κ2) is 6.78. The van der Waals surface area contributed by atoms with Crippen LogP contribution in [-0.4, -0.2) is 40.2 Å². The molecule has 0 radical (unpaired) electrons. The van der Waals surface area contributed by atoms with E-state index in [4.69, 9.17) is 9.47 Å². The van der Waals surface area contributed by atoms with Crippen molar-refractivity contribution < 1.29 is 14.3 Å². The molecule has 1 amide bonds. The second-order valence-corrected chi connectivity index (χ2v) is 7.24. The lowest BCUT2D eigenvalue weighted by Gasteiger charge is -2.27. The molecule has 2 aromatic rings. The summed E-state index contributed by atoms with van der Waals surface area (Å²) in [7, 11) is 1.65. The van der Waals surface area contributed by atoms with E-state index in [-0.39, 0.29) is 12.1 Å². The maximum atomic E-state index is 12.4. The predicted molar refractivity (Wildman–Crippen MR) is 95.5 cm³/mol. The van der Waals surface area contributed by atoms with Crippen molar-refractivity contribution in [3.63, 3.8) is 0 Å². The molecule has 1 aliphatic heterocycles. The van der Waals surface area contributed by atoms with Gasteiger partial charge in [0.2, 0.25) is 0 Å². The van der Waals surface area contributed by atoms with Crippen LogP contribution in [0.2, 0.25) is 0 Å². The summed E-state index contributed by atoms with van der Waals surface area (Å²) in [5, 5.41) is 0. The Morgan fingerprint density at radius 3 is 2.64 bits per heavy atom. The van der Waals surface area contributed by atoms with Crippen LogP contribution in [0.15, 0.2) is 30.5 Å². The number of hydrogen-bond donors (Lipinski definition) is 1. The summed E-state index contributed by atoms with van der Waals surface area (Å²) >= 11 is 0. The van der Waals surface area contributed by atoms with Gasteiger partial charge in [-0.1, -0.05) is 0 Å². The standard InChI is InChI=1S/C19H25N3O3/c1-19(2,3)25-18(23)22-11-5-6-16(22)17-20-12-15(21-17)13-7-9-14(24-4)10-8-13/h7-10,12,16H,5-6,11H2,1-4H3,(H,20,21). The average Bonchev–Trinajstić information content (AvgIpc) is 3.22. The molecule has 6 nitrogen and oxygen atoms in total. The second-order valence-electron chi connectivity index (χ2n) is 7.24. The van der Waals surface area contributed by atoms with Crippen molar-refractivity contribution in [2.75, 3.05) is 13.7 Å². The Bertz CT molecular complexity index is 731. The first kappa shape index (κ1) is 17.3. The number of amides is 1. The normalized spacial score (nSPS) is 17.6. The Hall–Kier alpha value is -2.50. The van der Waals surface area contributed by atoms with Crippen molar-refractivity contribution in [2.45, 2.75) is 45.3 Å². The number of carbonyl (C=O) groups is 1. The fraction of sp³-hybridized carbons (Fsp3) is 0.474. The molecule has 6 heteroatoms. The van der Waals surface area contributed by atoms with Crippen LogP contribution >= 0.6 is 0 Å². The number of nitrogens with zero attached hydrogens (tertiary/aromatic N) is 2. The van der Waals surface area contributed by atoms with Gasteiger partial charge in [0.25, 0.3) is 0 Å². The van der Waals surface area contributed by atoms with Gasteiger partial charge in [-0.15, -0.1) is 0 Å². The molecule has 25 heavy (non-hydrogen) atoms. The van der Waals surface area contributed by atoms with Gasteiger partial charge in [0, 0.05) is 6.54 Å². The molecule has 0 aliphatic carbocycles. The van der Waals surface area contributed by atoms with Crippen molar-refractivity contribution >= 4 is 6.09 Å². The minimum Gasteiger partial charge on any atom is -0.497 e. The van der Waals surface area contributed by atoms with E-state index in [2.05, 4.69) is 9.97 Å². The van der Waals surface area contributed by atoms with E-state index in [0.717, 1.165) is 35.7 Å². The SMILES string of the molecule is COc1ccc(-c2cnc(C3CCCN3C(=O)OC(C)(C)C)[nH]2)cc1. The highest BCUT2D eigenvalue weighted by molar-refractivity contribution is 5.69. The summed E-state index contributed by atoms with van der Waals surface area (Å²) in [5.74, 6) is 1.62. The van der Waals surface area contributed by atoms with Crippen LogP contribution in [-0.2, 0) is 4.74 Å². The molecule has 134 valence electrons. The Morgan fingerprint density at radius 2 is 2.00 bits per heavy atom. The Morgan fingerprint density at radius 1 is 1.28 bits per heavy atom. The highest BCUT2D eigenvalue weighted by Gasteiger charge is 2.34. The lowest BCUT2D eigenvalue weighted by Crippen LogP contribution is -2.36. The van der Waals surface area contributed by atoms with Crippen LogP contribution in [0.5, 0.6) is 5.75 Å². The molecule has 0 spiro atoms. The van der Waals surface area contributed by atoms with E-state index in [1.54, 1.807) is 12.0 Å². The highest BCUT2D eigenvalue weighted by atomic mass is 16.6. The van der Waals surface area contributed by atoms with Crippen LogP contribution in [0.3, 0.4) is 0 Å². The van der Waals surface area contributed by atoms with Gasteiger partial charge in [-0.25, -0.2) is 9.78 Å². The molecule has 0 saturated carbocycles. The quantitative estimate of drug-likeness (QED) is 0.909. The minimum atomic E-state index is -0.498. The van der Waals surface area contributed by atoms with Crippen LogP contribution in [0.4, 0.5) is 4.79 Å². The largest absolute Gasteiger partial charge is 0.497 e. The van der Waals surface area contributed by atoms with Crippen LogP contribution in [0.25, 0.3) is 11.3 Å². The minimum absolute atomic E-state index is 0.0677. The van der Waals surface area contributed by atoms with Gasteiger partial charge in [0.15, 0.2) is 0 Å². The third-order valence-electron chi connectivity index (χ3n) is 4.19. The fourth-order valence-electron chi connectivity index (χ4n) is 3.01. The molecule has 1 aromatic carbocycles. The van der Waals surface area contributed by atoms with Gasteiger partial charge in [0.05, 0.1) is 25.0 Å². The van der Waals surface area contributed by atoms with Gasteiger partial charge in [-0.3, -0.25) is 4.90 Å². The fourth-order valence-corrected chi connectivity index (χ4v) is 3.01. The molecule has 1 aliphatic rings. The van der Waals surface area contributed by atoms with E-state index in [0.29, 0.717) is 6.54 Å². The molecule has 1 N–H and O–H groups in total. The zero-order chi connectivity index (χ0) is 18.0. The zero-order valence-corrected chi connectivity index (χ0v) is 15.2. The number of aromatic amines is 1. The van der Waals surface area contributed by atoms with E-state index in [1.165, 1.54) is 0 Å². The highest BCUT2D eigenvalue weighted by Crippen LogP contribution is 2.33. The van der Waals surface area contributed by atoms with Crippen LogP contribution in [0.1, 0.15) is 45.5 Å². The summed E-state index contributed by atoms with van der Waals surface area (Å²) in [5.41, 5.74) is 1.46. The number of imidazole rings is 1. The molecule has 1 saturated heterocycles. The number of carbonyl (C=O) groups excluding carboxylic acids is 1. The first-order valence-corrected chi connectivity index (χ1v) is 8.56. The summed E-state index contributed by atoms with van der Waals surface area (Å²) < 4.78 is 10.7. The maximum absolute atomic E-state index is 12.4. The van der Waals surface area contributed by atoms with Crippen molar-refractivity contribution in [1.29, 1.82) is 0 Å². The van der Waals surface area contributed by atoms with E-state index in [9.17, 15) is 4.79 Å². The van der Waals surface area contributed by atoms with Gasteiger partial charge >= 0.3 is 6.09 Å². The molecule has 1 aromatic heterocycles. The molecule has 3 rings (SSSR count). The summed E-state index contributed by atoms with van der Waals surface area (Å²) in [6.45, 7) is 6.33. The van der Waals surface area contributed by atoms with Gasteiger partial charge < -0.3 is 14.5 Å². The molecule has 1 unspecified atom stereocenters. The number of likely N-dealkylation sites (tertiary alicyclic amines) is 1. The zero-order valence-electron chi connectivity index (χ0n) is 15.2. The number of H-pyrrole nitrogens is 1. The number of aromatic nitrogens is 2. The van der Waals surface area contributed by atoms with E-state index >= 15 is 0 Å². The topological polar surface area (TPSA) is 67.4 Å². The van der Waals surface area contributed by atoms with Gasteiger partial charge in [-0.2, -0.15) is 0 Å². The third kappa shape index (κ3) is 3.95. The summed E-state index contributed by atoms with van der Waals surface area (Å²) in [6.07, 6.45) is 3.36. The Balaban J connectivity index is 1.77. The van der Waals surface area contributed by atoms with Crippen molar-refractivity contribution in [3.05, 3.63) is 36.3 Å². The number of benzene rings is 1. The summed E-state index contributed by atoms with van der Waals surface area (Å²) in [4.78, 5) is 22.1. The Labute approximate surface area is 148 Å². The van der Waals surface area contributed by atoms with Gasteiger partial charge in [0.1, 0.15) is 17.2 Å². The van der Waals surface area contributed by atoms with Crippen molar-refractivity contribution in [3.8, 4) is 17.0 Å². The molecular weight excluding hydrogens is 318 g/mol. The molecule has 0 bridgehead atoms. The maximum Gasteiger partial charge on any atom is 0.410 e. The number of hydrogen-bond acceptors (Lipinski definition) is 4. The molecule has 2 heterocycles. The third-order valence-corrected chi connectivity index (χ3v) is 4.19. The van der Waals surface area contributed by atoms with Crippen LogP contribution < -0.4 is 4.74 Å². The first-order valence-electron chi connectivity index (χ1n) is 8.56. The molecule has 1 atom stereocenters. The lowest BCUT2D eigenvalue weighted by molar-refractivity contribution is 0.0219. The first-order chi connectivity index (χ1) is 11.9. The number of rotatable bonds is 3. The lowest BCUT2D eigenvalue weighted by atomic mass is 10.1. The van der Waals surface area contributed by atoms with Gasteiger partial charge in [-0.05, 0) is 63.4 Å². The average molecular weight is 343 g/mol. The number of nitrogens with one attached hydrogen (secondary N) is 1. The molecule has 1 fully saturated rings. The summed E-state index contributed by atoms with van der Waals surface area (Å²) in [6, 6.07) is 7.73. The smallest absolute Gasteiger partial charge is 0.410 e. The van der Waals surface area contributed by atoms with E-state index in [1.807, 2.05) is 51.2 Å². The monoisotopic (exact) mass is 343 g/mol. The Kier molecular flexibility index (Phi) is 4.70. The number of methoxy groups -OCH3 is 1.